The molecule has 10 heteroatoms. The van der Waals surface area contributed by atoms with Crippen LogP contribution in [0.5, 0.6) is 0 Å². The SMILES string of the molecule is C[C@@H]1CNCCN1c1cc(C(F)(F)F)cc2ccoc12.O=C(O)C=CC(=O)O. The van der Waals surface area contributed by atoms with Crippen molar-refractivity contribution in [3.63, 3.8) is 0 Å². The molecule has 0 spiro atoms. The van der Waals surface area contributed by atoms with Crippen LogP contribution in [0.1, 0.15) is 12.5 Å². The summed E-state index contributed by atoms with van der Waals surface area (Å²) in [5.74, 6) is -2.51. The first-order valence-corrected chi connectivity index (χ1v) is 8.29. The van der Waals surface area contributed by atoms with Crippen LogP contribution in [0.4, 0.5) is 18.9 Å². The van der Waals surface area contributed by atoms with Crippen LogP contribution in [0.25, 0.3) is 11.0 Å². The van der Waals surface area contributed by atoms with Crippen LogP contribution in [0.3, 0.4) is 0 Å². The molecule has 28 heavy (non-hydrogen) atoms. The summed E-state index contributed by atoms with van der Waals surface area (Å²) in [6.45, 7) is 4.15. The number of alkyl halides is 3. The first-order chi connectivity index (χ1) is 13.1. The van der Waals surface area contributed by atoms with Crippen molar-refractivity contribution in [1.29, 1.82) is 0 Å². The molecule has 0 amide bonds. The highest BCUT2D eigenvalue weighted by Crippen LogP contribution is 2.37. The van der Waals surface area contributed by atoms with Crippen LogP contribution in [0, 0.1) is 0 Å². The monoisotopic (exact) mass is 400 g/mol. The van der Waals surface area contributed by atoms with E-state index in [2.05, 4.69) is 5.32 Å². The lowest BCUT2D eigenvalue weighted by Crippen LogP contribution is -2.50. The second-order valence-corrected chi connectivity index (χ2v) is 6.09. The number of carboxylic acids is 2. The van der Waals surface area contributed by atoms with Gasteiger partial charge in [0, 0.05) is 43.2 Å². The van der Waals surface area contributed by atoms with Crippen molar-refractivity contribution in [2.45, 2.75) is 19.1 Å². The average Bonchev–Trinajstić information content (AvgIpc) is 3.08. The maximum Gasteiger partial charge on any atom is 0.416 e. The predicted molar refractivity (Wildman–Crippen MR) is 95.3 cm³/mol. The molecule has 1 aromatic carbocycles. The Hall–Kier alpha value is -3.01. The number of carbonyl (C=O) groups is 2. The molecule has 1 aliphatic rings. The number of fused-ring (bicyclic) bond motifs is 1. The maximum atomic E-state index is 13.0. The van der Waals surface area contributed by atoms with Crippen LogP contribution in [-0.2, 0) is 15.8 Å². The lowest BCUT2D eigenvalue weighted by molar-refractivity contribution is -0.137. The molecule has 0 aliphatic carbocycles. The number of nitrogens with one attached hydrogen (secondary N) is 1. The van der Waals surface area contributed by atoms with Crippen LogP contribution in [-0.4, -0.2) is 47.8 Å². The Balaban J connectivity index is 0.000000300. The number of aliphatic carboxylic acids is 2. The first kappa shape index (κ1) is 21.3. The fourth-order valence-corrected chi connectivity index (χ4v) is 2.78. The lowest BCUT2D eigenvalue weighted by atomic mass is 10.1. The third-order valence-corrected chi connectivity index (χ3v) is 4.04. The van der Waals surface area contributed by atoms with Crippen molar-refractivity contribution in [2.24, 2.45) is 0 Å². The number of hydrogen-bond acceptors (Lipinski definition) is 5. The van der Waals surface area contributed by atoms with E-state index in [0.717, 1.165) is 19.2 Å². The van der Waals surface area contributed by atoms with Gasteiger partial charge in [-0.3, -0.25) is 0 Å². The summed E-state index contributed by atoms with van der Waals surface area (Å²) in [5, 5.41) is 19.3. The van der Waals surface area contributed by atoms with Gasteiger partial charge in [0.25, 0.3) is 0 Å². The topological polar surface area (TPSA) is 103 Å². The van der Waals surface area contributed by atoms with Crippen molar-refractivity contribution < 1.29 is 37.4 Å². The minimum absolute atomic E-state index is 0.125. The highest BCUT2D eigenvalue weighted by molar-refractivity contribution is 5.91. The minimum atomic E-state index is -4.35. The molecule has 0 saturated carbocycles. The quantitative estimate of drug-likeness (QED) is 0.681. The second-order valence-electron chi connectivity index (χ2n) is 6.09. The van der Waals surface area contributed by atoms with E-state index in [9.17, 15) is 22.8 Å². The van der Waals surface area contributed by atoms with Crippen LogP contribution >= 0.6 is 0 Å². The van der Waals surface area contributed by atoms with Gasteiger partial charge in [0.15, 0.2) is 5.58 Å². The summed E-state index contributed by atoms with van der Waals surface area (Å²) >= 11 is 0. The van der Waals surface area contributed by atoms with Gasteiger partial charge in [-0.25, -0.2) is 9.59 Å². The van der Waals surface area contributed by atoms with Gasteiger partial charge in [-0.1, -0.05) is 0 Å². The summed E-state index contributed by atoms with van der Waals surface area (Å²) in [6, 6.07) is 4.02. The number of rotatable bonds is 3. The Labute approximate surface area is 158 Å². The van der Waals surface area contributed by atoms with E-state index in [-0.39, 0.29) is 6.04 Å². The zero-order chi connectivity index (χ0) is 20.9. The lowest BCUT2D eigenvalue weighted by Gasteiger charge is -2.36. The number of furan rings is 1. The number of halogens is 3. The molecule has 2 aromatic rings. The average molecular weight is 400 g/mol. The van der Waals surface area contributed by atoms with Crippen LogP contribution in [0.2, 0.25) is 0 Å². The number of benzene rings is 1. The van der Waals surface area contributed by atoms with Crippen LogP contribution < -0.4 is 10.2 Å². The molecule has 1 fully saturated rings. The highest BCUT2D eigenvalue weighted by Gasteiger charge is 2.33. The van der Waals surface area contributed by atoms with Gasteiger partial charge >= 0.3 is 18.1 Å². The maximum absolute atomic E-state index is 13.0. The normalized spacial score (nSPS) is 17.4. The Morgan fingerprint density at radius 2 is 1.89 bits per heavy atom. The van der Waals surface area contributed by atoms with Gasteiger partial charge in [0.2, 0.25) is 0 Å². The number of piperazine rings is 1. The van der Waals surface area contributed by atoms with E-state index in [1.54, 1.807) is 6.07 Å². The molecule has 3 rings (SSSR count). The summed E-state index contributed by atoms with van der Waals surface area (Å²) in [6.07, 6.45) is -1.80. The van der Waals surface area contributed by atoms with Gasteiger partial charge in [0.05, 0.1) is 17.5 Å². The molecule has 1 atom stereocenters. The van der Waals surface area contributed by atoms with E-state index in [1.165, 1.54) is 12.3 Å². The zero-order valence-electron chi connectivity index (χ0n) is 14.9. The smallest absolute Gasteiger partial charge is 0.416 e. The zero-order valence-corrected chi connectivity index (χ0v) is 14.9. The van der Waals surface area contributed by atoms with Gasteiger partial charge in [-0.05, 0) is 25.1 Å². The van der Waals surface area contributed by atoms with Crippen molar-refractivity contribution in [1.82, 2.24) is 5.32 Å². The summed E-state index contributed by atoms with van der Waals surface area (Å²) in [7, 11) is 0. The molecule has 1 aliphatic heterocycles. The molecule has 0 bridgehead atoms. The van der Waals surface area contributed by atoms with E-state index >= 15 is 0 Å². The molecular formula is C18H19F3N2O5. The molecule has 1 saturated heterocycles. The number of anilines is 1. The number of hydrogen-bond donors (Lipinski definition) is 3. The molecule has 2 heterocycles. The van der Waals surface area contributed by atoms with E-state index in [0.29, 0.717) is 35.4 Å². The van der Waals surface area contributed by atoms with E-state index in [1.807, 2.05) is 11.8 Å². The fourth-order valence-electron chi connectivity index (χ4n) is 2.78. The Morgan fingerprint density at radius 3 is 2.43 bits per heavy atom. The van der Waals surface area contributed by atoms with Gasteiger partial charge < -0.3 is 24.8 Å². The standard InChI is InChI=1S/C14H15F3N2O.C4H4O4/c1-9-8-18-3-4-19(9)12-7-11(14(15,16)17)6-10-2-5-20-13(10)12;5-3(6)1-2-4(7)8/h2,5-7,9,18H,3-4,8H2,1H3;1-2H,(H,5,6)(H,7,8)/t9-;/m1./s1. The van der Waals surface area contributed by atoms with Crippen LogP contribution in [0.15, 0.2) is 41.0 Å². The van der Waals surface area contributed by atoms with Gasteiger partial charge in [0.1, 0.15) is 0 Å². The third-order valence-electron chi connectivity index (χ3n) is 4.04. The first-order valence-electron chi connectivity index (χ1n) is 8.29. The minimum Gasteiger partial charge on any atom is -0.478 e. The Morgan fingerprint density at radius 1 is 1.25 bits per heavy atom. The molecule has 0 radical (unpaired) electrons. The van der Waals surface area contributed by atoms with E-state index < -0.39 is 23.7 Å². The molecule has 152 valence electrons. The summed E-state index contributed by atoms with van der Waals surface area (Å²) in [5.41, 5.74) is 0.410. The van der Waals surface area contributed by atoms with Gasteiger partial charge in [-0.2, -0.15) is 13.2 Å². The molecule has 1 aromatic heterocycles. The predicted octanol–water partition coefficient (Wildman–Crippen LogP) is 2.96. The van der Waals surface area contributed by atoms with Crippen molar-refractivity contribution in [2.75, 3.05) is 24.5 Å². The highest BCUT2D eigenvalue weighted by atomic mass is 19.4. The second kappa shape index (κ2) is 8.79. The van der Waals surface area contributed by atoms with Crippen molar-refractivity contribution in [3.8, 4) is 0 Å². The third kappa shape index (κ3) is 5.49. The van der Waals surface area contributed by atoms with Gasteiger partial charge in [-0.15, -0.1) is 0 Å². The number of nitrogens with zero attached hydrogens (tertiary/aromatic N) is 1. The fraction of sp³-hybridized carbons (Fsp3) is 0.333. The number of carboxylic acid groups (broad SMARTS) is 2. The largest absolute Gasteiger partial charge is 0.478 e. The molecule has 7 nitrogen and oxygen atoms in total. The van der Waals surface area contributed by atoms with E-state index in [4.69, 9.17) is 14.6 Å². The summed E-state index contributed by atoms with van der Waals surface area (Å²) < 4.78 is 44.4. The van der Waals surface area contributed by atoms with Crippen molar-refractivity contribution >= 4 is 28.6 Å². The molecule has 3 N–H and O–H groups in total. The Kier molecular flexibility index (Phi) is 6.68. The molecule has 0 unspecified atom stereocenters. The van der Waals surface area contributed by atoms with Crippen molar-refractivity contribution in [3.05, 3.63) is 42.2 Å². The Bertz CT molecular complexity index is 860. The summed E-state index contributed by atoms with van der Waals surface area (Å²) in [4.78, 5) is 21.1. The molecular weight excluding hydrogens is 381 g/mol.